The molecule has 0 amide bonds. The molecule has 186 valence electrons. The summed E-state index contributed by atoms with van der Waals surface area (Å²) >= 11 is 0. The zero-order chi connectivity index (χ0) is 25.6. The standard InChI is InChI=1S/C25H26FNO7S/c1-30-18-8-10-19(11-9-18)35(28,29)27-21-13-16(12-20(26)24(21)33-4)6-7-17-14-22(31-2)25(34-5)23(15-17)32-3/h6-15,27H,1-5H3/b7-6-. The summed E-state index contributed by atoms with van der Waals surface area (Å²) in [6.07, 6.45) is 3.32. The minimum atomic E-state index is -4.02. The molecule has 0 aromatic heterocycles. The third kappa shape index (κ3) is 5.78. The Kier molecular flexibility index (Phi) is 8.08. The van der Waals surface area contributed by atoms with Crippen molar-refractivity contribution >= 4 is 27.9 Å². The van der Waals surface area contributed by atoms with Gasteiger partial charge in [-0.3, -0.25) is 4.72 Å². The maximum atomic E-state index is 14.8. The Labute approximate surface area is 203 Å². The molecule has 0 saturated carbocycles. The number of hydrogen-bond acceptors (Lipinski definition) is 7. The van der Waals surface area contributed by atoms with Gasteiger partial charge in [0, 0.05) is 0 Å². The fraction of sp³-hybridized carbons (Fsp3) is 0.200. The predicted molar refractivity (Wildman–Crippen MR) is 132 cm³/mol. The topological polar surface area (TPSA) is 92.3 Å². The van der Waals surface area contributed by atoms with Crippen LogP contribution in [0.4, 0.5) is 10.1 Å². The molecule has 10 heteroatoms. The van der Waals surface area contributed by atoms with Gasteiger partial charge in [-0.25, -0.2) is 12.8 Å². The van der Waals surface area contributed by atoms with E-state index in [0.29, 0.717) is 34.1 Å². The highest BCUT2D eigenvalue weighted by atomic mass is 32.2. The van der Waals surface area contributed by atoms with Gasteiger partial charge in [0.2, 0.25) is 5.75 Å². The van der Waals surface area contributed by atoms with Crippen LogP contribution >= 0.6 is 0 Å². The van der Waals surface area contributed by atoms with E-state index in [0.717, 1.165) is 0 Å². The Balaban J connectivity index is 1.97. The number of hydrogen-bond donors (Lipinski definition) is 1. The molecule has 35 heavy (non-hydrogen) atoms. The van der Waals surface area contributed by atoms with E-state index in [4.69, 9.17) is 23.7 Å². The maximum absolute atomic E-state index is 14.8. The molecule has 0 unspecified atom stereocenters. The van der Waals surface area contributed by atoms with Crippen LogP contribution in [0.5, 0.6) is 28.7 Å². The lowest BCUT2D eigenvalue weighted by molar-refractivity contribution is 0.324. The van der Waals surface area contributed by atoms with Crippen LogP contribution in [-0.4, -0.2) is 44.0 Å². The first kappa shape index (κ1) is 25.7. The number of methoxy groups -OCH3 is 5. The van der Waals surface area contributed by atoms with Crippen molar-refractivity contribution < 1.29 is 36.5 Å². The van der Waals surface area contributed by atoms with Crippen LogP contribution in [0.15, 0.2) is 53.4 Å². The van der Waals surface area contributed by atoms with Crippen LogP contribution in [0.25, 0.3) is 12.2 Å². The van der Waals surface area contributed by atoms with Gasteiger partial charge in [-0.2, -0.15) is 0 Å². The molecule has 0 fully saturated rings. The highest BCUT2D eigenvalue weighted by molar-refractivity contribution is 7.92. The molecule has 3 aromatic rings. The Bertz CT molecular complexity index is 1300. The molecule has 1 N–H and O–H groups in total. The van der Waals surface area contributed by atoms with Crippen LogP contribution in [0.1, 0.15) is 11.1 Å². The second-order valence-corrected chi connectivity index (χ2v) is 8.84. The fourth-order valence-corrected chi connectivity index (χ4v) is 4.40. The lowest BCUT2D eigenvalue weighted by atomic mass is 10.1. The Morgan fingerprint density at radius 3 is 1.74 bits per heavy atom. The van der Waals surface area contributed by atoms with Gasteiger partial charge in [0.15, 0.2) is 23.1 Å². The van der Waals surface area contributed by atoms with E-state index in [1.54, 1.807) is 24.3 Å². The van der Waals surface area contributed by atoms with Crippen molar-refractivity contribution in [1.29, 1.82) is 0 Å². The number of nitrogens with one attached hydrogen (secondary N) is 1. The van der Waals surface area contributed by atoms with Crippen LogP contribution in [0, 0.1) is 5.82 Å². The summed E-state index contributed by atoms with van der Waals surface area (Å²) in [5, 5.41) is 0. The molecular formula is C25H26FNO7S. The van der Waals surface area contributed by atoms with Crippen LogP contribution in [-0.2, 0) is 10.0 Å². The molecule has 0 aliphatic heterocycles. The Morgan fingerprint density at radius 1 is 0.714 bits per heavy atom. The smallest absolute Gasteiger partial charge is 0.262 e. The number of ether oxygens (including phenoxy) is 5. The summed E-state index contributed by atoms with van der Waals surface area (Å²) in [4.78, 5) is -0.0147. The number of anilines is 1. The third-order valence-corrected chi connectivity index (χ3v) is 6.42. The fourth-order valence-electron chi connectivity index (χ4n) is 3.34. The second kappa shape index (κ2) is 11.0. The van der Waals surface area contributed by atoms with Gasteiger partial charge in [-0.15, -0.1) is 0 Å². The Hall–Kier alpha value is -3.92. The van der Waals surface area contributed by atoms with E-state index in [1.165, 1.54) is 71.9 Å². The zero-order valence-electron chi connectivity index (χ0n) is 19.9. The van der Waals surface area contributed by atoms with Crippen molar-refractivity contribution in [3.8, 4) is 28.7 Å². The average molecular weight is 504 g/mol. The average Bonchev–Trinajstić information content (AvgIpc) is 2.86. The summed E-state index contributed by atoms with van der Waals surface area (Å²) in [5.74, 6) is 0.907. The molecule has 0 heterocycles. The van der Waals surface area contributed by atoms with Gasteiger partial charge in [0.1, 0.15) is 5.75 Å². The molecule has 0 atom stereocenters. The van der Waals surface area contributed by atoms with E-state index in [9.17, 15) is 12.8 Å². The molecule has 0 bridgehead atoms. The first-order valence-corrected chi connectivity index (χ1v) is 11.8. The van der Waals surface area contributed by atoms with Gasteiger partial charge in [-0.1, -0.05) is 12.2 Å². The maximum Gasteiger partial charge on any atom is 0.262 e. The monoisotopic (exact) mass is 503 g/mol. The van der Waals surface area contributed by atoms with Crippen molar-refractivity contribution in [2.45, 2.75) is 4.90 Å². The van der Waals surface area contributed by atoms with Gasteiger partial charge in [0.25, 0.3) is 10.0 Å². The first-order valence-electron chi connectivity index (χ1n) is 10.3. The molecule has 0 saturated heterocycles. The largest absolute Gasteiger partial charge is 0.497 e. The van der Waals surface area contributed by atoms with Crippen LogP contribution < -0.4 is 28.4 Å². The summed E-state index contributed by atoms with van der Waals surface area (Å²) in [6.45, 7) is 0. The van der Waals surface area contributed by atoms with E-state index in [1.807, 2.05) is 0 Å². The van der Waals surface area contributed by atoms with Gasteiger partial charge >= 0.3 is 0 Å². The minimum Gasteiger partial charge on any atom is -0.497 e. The van der Waals surface area contributed by atoms with E-state index in [2.05, 4.69) is 4.72 Å². The molecule has 0 aliphatic carbocycles. The third-order valence-electron chi connectivity index (χ3n) is 5.04. The summed E-state index contributed by atoms with van der Waals surface area (Å²) in [5.41, 5.74) is 1.04. The SMILES string of the molecule is COc1ccc(S(=O)(=O)Nc2cc(/C=C\c3cc(OC)c(OC)c(OC)c3)cc(F)c2OC)cc1. The molecule has 0 spiro atoms. The molecule has 3 rings (SSSR count). The number of halogens is 1. The molecule has 8 nitrogen and oxygen atoms in total. The van der Waals surface area contributed by atoms with Crippen molar-refractivity contribution in [3.05, 3.63) is 65.5 Å². The quantitative estimate of drug-likeness (QED) is 0.396. The highest BCUT2D eigenvalue weighted by Crippen LogP contribution is 2.39. The molecule has 3 aromatic carbocycles. The van der Waals surface area contributed by atoms with Gasteiger partial charge in [-0.05, 0) is 59.7 Å². The van der Waals surface area contributed by atoms with Crippen LogP contribution in [0.3, 0.4) is 0 Å². The van der Waals surface area contributed by atoms with Crippen molar-refractivity contribution in [2.75, 3.05) is 40.3 Å². The predicted octanol–water partition coefficient (Wildman–Crippen LogP) is 4.84. The zero-order valence-corrected chi connectivity index (χ0v) is 20.7. The first-order chi connectivity index (χ1) is 16.8. The van der Waals surface area contributed by atoms with Crippen molar-refractivity contribution in [2.24, 2.45) is 0 Å². The molecule has 0 aliphatic rings. The van der Waals surface area contributed by atoms with Crippen molar-refractivity contribution in [3.63, 3.8) is 0 Å². The minimum absolute atomic E-state index is 0.0147. The summed E-state index contributed by atoms with van der Waals surface area (Å²) in [6, 6.07) is 12.0. The molecule has 0 radical (unpaired) electrons. The second-order valence-electron chi connectivity index (χ2n) is 7.16. The number of benzene rings is 3. The summed E-state index contributed by atoms with van der Waals surface area (Å²) in [7, 11) is 3.23. The van der Waals surface area contributed by atoms with Crippen LogP contribution in [0.2, 0.25) is 0 Å². The van der Waals surface area contributed by atoms with Crippen molar-refractivity contribution in [1.82, 2.24) is 0 Å². The number of sulfonamides is 1. The number of rotatable bonds is 10. The highest BCUT2D eigenvalue weighted by Gasteiger charge is 2.20. The lowest BCUT2D eigenvalue weighted by Crippen LogP contribution is -2.14. The summed E-state index contributed by atoms with van der Waals surface area (Å²) < 4.78 is 69.1. The van der Waals surface area contributed by atoms with E-state index < -0.39 is 15.8 Å². The van der Waals surface area contributed by atoms with Gasteiger partial charge < -0.3 is 23.7 Å². The lowest BCUT2D eigenvalue weighted by Gasteiger charge is -2.14. The van der Waals surface area contributed by atoms with E-state index in [-0.39, 0.29) is 16.3 Å². The van der Waals surface area contributed by atoms with E-state index >= 15 is 0 Å². The normalized spacial score (nSPS) is 11.3. The molecular weight excluding hydrogens is 477 g/mol. The Morgan fingerprint density at radius 2 is 1.26 bits per heavy atom. The van der Waals surface area contributed by atoms with Gasteiger partial charge in [0.05, 0.1) is 46.1 Å².